The van der Waals surface area contributed by atoms with Crippen LogP contribution in [0.4, 0.5) is 8.78 Å². The molecule has 2 N–H and O–H groups in total. The lowest BCUT2D eigenvalue weighted by Crippen LogP contribution is -2.63. The summed E-state index contributed by atoms with van der Waals surface area (Å²) in [6, 6.07) is 0. The van der Waals surface area contributed by atoms with E-state index in [0.717, 1.165) is 0 Å². The molecule has 0 spiro atoms. The van der Waals surface area contributed by atoms with Gasteiger partial charge in [0.25, 0.3) is 0 Å². The number of halogens is 2. The van der Waals surface area contributed by atoms with E-state index >= 15 is 0 Å². The first kappa shape index (κ1) is 13.2. The van der Waals surface area contributed by atoms with Gasteiger partial charge in [-0.1, -0.05) is 13.8 Å². The summed E-state index contributed by atoms with van der Waals surface area (Å²) in [4.78, 5) is 0. The predicted octanol–water partition coefficient (Wildman–Crippen LogP) is 2.73. The second kappa shape index (κ2) is 3.64. The zero-order valence-electron chi connectivity index (χ0n) is 10.6. The molecule has 4 heteroatoms. The van der Waals surface area contributed by atoms with Gasteiger partial charge in [0.2, 0.25) is 5.92 Å². The molecule has 100 valence electrons. The maximum absolute atomic E-state index is 13.2. The number of aliphatic hydroxyl groups excluding tert-OH is 1. The van der Waals surface area contributed by atoms with Crippen LogP contribution in [0.2, 0.25) is 0 Å². The summed E-state index contributed by atoms with van der Waals surface area (Å²) in [5, 5.41) is 20.2. The molecule has 0 saturated heterocycles. The van der Waals surface area contributed by atoms with Gasteiger partial charge in [-0.05, 0) is 31.1 Å². The molecule has 0 radical (unpaired) electrons. The van der Waals surface area contributed by atoms with Crippen LogP contribution in [-0.4, -0.2) is 28.3 Å². The number of alkyl halides is 2. The third kappa shape index (κ3) is 2.10. The third-order valence-electron chi connectivity index (χ3n) is 4.77. The van der Waals surface area contributed by atoms with Crippen LogP contribution in [0.25, 0.3) is 0 Å². The topological polar surface area (TPSA) is 40.5 Å². The largest absolute Gasteiger partial charge is 0.396 e. The smallest absolute Gasteiger partial charge is 0.248 e. The van der Waals surface area contributed by atoms with Crippen LogP contribution in [0, 0.1) is 10.8 Å². The average Bonchev–Trinajstić information content (AvgIpc) is 2.15. The monoisotopic (exact) mass is 248 g/mol. The Balaban J connectivity index is 2.12. The minimum Gasteiger partial charge on any atom is -0.396 e. The first-order valence-electron chi connectivity index (χ1n) is 6.35. The first-order valence-corrected chi connectivity index (χ1v) is 6.35. The number of hydrogen-bond acceptors (Lipinski definition) is 2. The molecule has 2 fully saturated rings. The fourth-order valence-corrected chi connectivity index (χ4v) is 3.77. The van der Waals surface area contributed by atoms with E-state index in [4.69, 9.17) is 0 Å². The molecule has 0 aliphatic heterocycles. The lowest BCUT2D eigenvalue weighted by Gasteiger charge is -2.60. The van der Waals surface area contributed by atoms with E-state index in [1.807, 2.05) is 0 Å². The Kier molecular flexibility index (Phi) is 2.83. The molecule has 0 aromatic carbocycles. The molecule has 0 atom stereocenters. The lowest BCUT2D eigenvalue weighted by atomic mass is 9.48. The highest BCUT2D eigenvalue weighted by molar-refractivity contribution is 5.11. The van der Waals surface area contributed by atoms with Gasteiger partial charge in [-0.25, -0.2) is 8.78 Å². The Morgan fingerprint density at radius 2 is 1.47 bits per heavy atom. The summed E-state index contributed by atoms with van der Waals surface area (Å²) in [6.45, 7) is 3.93. The van der Waals surface area contributed by atoms with E-state index < -0.39 is 16.9 Å². The zero-order chi connectivity index (χ0) is 12.9. The molecular formula is C13H22F2O2. The minimum atomic E-state index is -2.62. The summed E-state index contributed by atoms with van der Waals surface area (Å²) < 4.78 is 26.4. The summed E-state index contributed by atoms with van der Waals surface area (Å²) >= 11 is 0. The third-order valence-corrected chi connectivity index (χ3v) is 4.77. The minimum absolute atomic E-state index is 0.0664. The summed E-state index contributed by atoms with van der Waals surface area (Å²) in [5.74, 6) is -2.62. The quantitative estimate of drug-likeness (QED) is 0.789. The van der Waals surface area contributed by atoms with Crippen molar-refractivity contribution in [2.75, 3.05) is 6.61 Å². The normalized spacial score (nSPS) is 32.8. The average molecular weight is 248 g/mol. The molecular weight excluding hydrogens is 226 g/mol. The molecule has 2 aliphatic carbocycles. The van der Waals surface area contributed by atoms with E-state index in [1.165, 1.54) is 0 Å². The first-order chi connectivity index (χ1) is 7.64. The van der Waals surface area contributed by atoms with E-state index in [9.17, 15) is 19.0 Å². The maximum Gasteiger partial charge on any atom is 0.248 e. The fraction of sp³-hybridized carbons (Fsp3) is 1.00. The molecule has 0 aromatic heterocycles. The van der Waals surface area contributed by atoms with Gasteiger partial charge in [0.05, 0.1) is 12.2 Å². The lowest BCUT2D eigenvalue weighted by molar-refractivity contribution is -0.232. The van der Waals surface area contributed by atoms with Crippen molar-refractivity contribution in [3.63, 3.8) is 0 Å². The van der Waals surface area contributed by atoms with Crippen molar-refractivity contribution >= 4 is 0 Å². The standard InChI is InChI=1S/C13H22F2O2/c1-10(2)7-12(17,8-10)11(9-16)3-5-13(14,15)6-4-11/h16-17H,3-9H2,1-2H3. The van der Waals surface area contributed by atoms with Crippen LogP contribution in [-0.2, 0) is 0 Å². The van der Waals surface area contributed by atoms with E-state index in [-0.39, 0.29) is 37.7 Å². The van der Waals surface area contributed by atoms with Gasteiger partial charge in [0.15, 0.2) is 0 Å². The van der Waals surface area contributed by atoms with Gasteiger partial charge < -0.3 is 10.2 Å². The number of rotatable bonds is 2. The summed E-state index contributed by atoms with van der Waals surface area (Å²) in [5.41, 5.74) is -1.58. The molecule has 0 unspecified atom stereocenters. The molecule has 2 nitrogen and oxygen atoms in total. The van der Waals surface area contributed by atoms with Crippen molar-refractivity contribution in [3.05, 3.63) is 0 Å². The van der Waals surface area contributed by atoms with Crippen molar-refractivity contribution in [1.29, 1.82) is 0 Å². The van der Waals surface area contributed by atoms with Crippen LogP contribution in [0.5, 0.6) is 0 Å². The van der Waals surface area contributed by atoms with Gasteiger partial charge in [-0.2, -0.15) is 0 Å². The Bertz CT molecular complexity index is 295. The molecule has 0 bridgehead atoms. The Morgan fingerprint density at radius 3 is 1.82 bits per heavy atom. The van der Waals surface area contributed by atoms with Crippen LogP contribution >= 0.6 is 0 Å². The maximum atomic E-state index is 13.2. The van der Waals surface area contributed by atoms with Gasteiger partial charge >= 0.3 is 0 Å². The van der Waals surface area contributed by atoms with Crippen LogP contribution in [0.1, 0.15) is 52.4 Å². The molecule has 2 rings (SSSR count). The van der Waals surface area contributed by atoms with E-state index in [2.05, 4.69) is 13.8 Å². The molecule has 2 aliphatic rings. The molecule has 0 heterocycles. The molecule has 2 saturated carbocycles. The predicted molar refractivity (Wildman–Crippen MR) is 60.9 cm³/mol. The van der Waals surface area contributed by atoms with Gasteiger partial charge in [-0.3, -0.25) is 0 Å². The Morgan fingerprint density at radius 1 is 1.00 bits per heavy atom. The molecule has 0 aromatic rings. The van der Waals surface area contributed by atoms with Crippen molar-refractivity contribution in [3.8, 4) is 0 Å². The summed E-state index contributed by atoms with van der Waals surface area (Å²) in [7, 11) is 0. The number of aliphatic hydroxyl groups is 2. The van der Waals surface area contributed by atoms with Crippen molar-refractivity contribution in [2.45, 2.75) is 63.9 Å². The van der Waals surface area contributed by atoms with Crippen molar-refractivity contribution in [1.82, 2.24) is 0 Å². The molecule has 0 amide bonds. The SMILES string of the molecule is CC1(C)CC(O)(C2(CO)CCC(F)(F)CC2)C1. The van der Waals surface area contributed by atoms with Crippen molar-refractivity contribution in [2.24, 2.45) is 10.8 Å². The number of hydrogen-bond donors (Lipinski definition) is 2. The highest BCUT2D eigenvalue weighted by Crippen LogP contribution is 2.61. The van der Waals surface area contributed by atoms with E-state index in [0.29, 0.717) is 12.8 Å². The van der Waals surface area contributed by atoms with Crippen LogP contribution < -0.4 is 0 Å². The second-order valence-corrected chi connectivity index (χ2v) is 6.84. The highest BCUT2D eigenvalue weighted by atomic mass is 19.3. The van der Waals surface area contributed by atoms with E-state index in [1.54, 1.807) is 0 Å². The fourth-order valence-electron chi connectivity index (χ4n) is 3.77. The Hall–Kier alpha value is -0.220. The van der Waals surface area contributed by atoms with Gasteiger partial charge in [0.1, 0.15) is 0 Å². The second-order valence-electron chi connectivity index (χ2n) is 6.84. The zero-order valence-corrected chi connectivity index (χ0v) is 10.6. The summed E-state index contributed by atoms with van der Waals surface area (Å²) in [6.07, 6.45) is 1.23. The van der Waals surface area contributed by atoms with Gasteiger partial charge in [0, 0.05) is 18.3 Å². The molecule has 17 heavy (non-hydrogen) atoms. The van der Waals surface area contributed by atoms with Crippen LogP contribution in [0.15, 0.2) is 0 Å². The van der Waals surface area contributed by atoms with Crippen molar-refractivity contribution < 1.29 is 19.0 Å². The Labute approximate surface area is 101 Å². The van der Waals surface area contributed by atoms with Gasteiger partial charge in [-0.15, -0.1) is 0 Å². The highest BCUT2D eigenvalue weighted by Gasteiger charge is 2.61. The van der Waals surface area contributed by atoms with Crippen LogP contribution in [0.3, 0.4) is 0 Å².